The van der Waals surface area contributed by atoms with Gasteiger partial charge >= 0.3 is 0 Å². The van der Waals surface area contributed by atoms with Gasteiger partial charge in [-0.2, -0.15) is 5.10 Å². The molecule has 0 spiro atoms. The zero-order valence-electron chi connectivity index (χ0n) is 12.5. The maximum Gasteiger partial charge on any atom is 0.173 e. The van der Waals surface area contributed by atoms with Crippen LogP contribution in [0, 0.1) is 13.8 Å². The molecule has 1 aromatic heterocycles. The third-order valence-corrected chi connectivity index (χ3v) is 4.69. The number of hydrogen-bond donors (Lipinski definition) is 0. The first-order valence-corrected chi connectivity index (χ1v) is 8.07. The van der Waals surface area contributed by atoms with E-state index in [9.17, 15) is 4.79 Å². The van der Waals surface area contributed by atoms with Crippen LogP contribution in [-0.2, 0) is 0 Å². The number of benzene rings is 2. The van der Waals surface area contributed by atoms with Crippen LogP contribution >= 0.6 is 11.8 Å². The second-order valence-corrected chi connectivity index (χ2v) is 6.21. The van der Waals surface area contributed by atoms with Crippen LogP contribution in [0.5, 0.6) is 0 Å². The molecule has 3 rings (SSSR count). The van der Waals surface area contributed by atoms with Gasteiger partial charge in [0.15, 0.2) is 5.78 Å². The van der Waals surface area contributed by atoms with Crippen molar-refractivity contribution in [3.63, 3.8) is 0 Å². The summed E-state index contributed by atoms with van der Waals surface area (Å²) in [6.07, 6.45) is 1.74. The smallest absolute Gasteiger partial charge is 0.173 e. The largest absolute Gasteiger partial charge is 0.293 e. The maximum atomic E-state index is 12.3. The highest BCUT2D eigenvalue weighted by Gasteiger charge is 2.10. The van der Waals surface area contributed by atoms with Gasteiger partial charge in [-0.1, -0.05) is 48.2 Å². The van der Waals surface area contributed by atoms with Gasteiger partial charge < -0.3 is 0 Å². The van der Waals surface area contributed by atoms with Crippen LogP contribution < -0.4 is 0 Å². The molecule has 0 unspecified atom stereocenters. The molecular weight excluding hydrogens is 292 g/mol. The highest BCUT2D eigenvalue weighted by atomic mass is 32.2. The third kappa shape index (κ3) is 3.02. The van der Waals surface area contributed by atoms with Crippen molar-refractivity contribution in [2.75, 3.05) is 5.75 Å². The van der Waals surface area contributed by atoms with E-state index in [1.165, 1.54) is 17.3 Å². The van der Waals surface area contributed by atoms with E-state index < -0.39 is 0 Å². The molecule has 0 aliphatic heterocycles. The van der Waals surface area contributed by atoms with E-state index in [4.69, 9.17) is 0 Å². The molecule has 0 fully saturated rings. The first-order chi connectivity index (χ1) is 10.6. The minimum Gasteiger partial charge on any atom is -0.293 e. The van der Waals surface area contributed by atoms with Gasteiger partial charge in [-0.3, -0.25) is 4.79 Å². The SMILES string of the molecule is Cc1ccc(C(=O)CSc2nncc3ccccc23)cc1C. The average molecular weight is 308 g/mol. The number of fused-ring (bicyclic) bond motifs is 1. The molecule has 0 aliphatic rings. The number of aryl methyl sites for hydroxylation is 2. The van der Waals surface area contributed by atoms with Gasteiger partial charge in [0.25, 0.3) is 0 Å². The van der Waals surface area contributed by atoms with E-state index >= 15 is 0 Å². The van der Waals surface area contributed by atoms with Crippen LogP contribution in [-0.4, -0.2) is 21.7 Å². The van der Waals surface area contributed by atoms with E-state index in [0.29, 0.717) is 5.75 Å². The minimum absolute atomic E-state index is 0.114. The Morgan fingerprint density at radius 2 is 1.91 bits per heavy atom. The van der Waals surface area contributed by atoms with Gasteiger partial charge in [-0.25, -0.2) is 0 Å². The average Bonchev–Trinajstić information content (AvgIpc) is 2.55. The number of Topliss-reactive ketones (excluding diaryl/α,β-unsaturated/α-hetero) is 1. The molecule has 0 amide bonds. The normalized spacial score (nSPS) is 10.8. The van der Waals surface area contributed by atoms with Gasteiger partial charge in [0.2, 0.25) is 0 Å². The summed E-state index contributed by atoms with van der Waals surface area (Å²) in [5.74, 6) is 0.480. The van der Waals surface area contributed by atoms with Gasteiger partial charge in [0, 0.05) is 16.3 Å². The van der Waals surface area contributed by atoms with Gasteiger partial charge in [0.1, 0.15) is 5.03 Å². The fraction of sp³-hybridized carbons (Fsp3) is 0.167. The van der Waals surface area contributed by atoms with Crippen molar-refractivity contribution in [1.29, 1.82) is 0 Å². The lowest BCUT2D eigenvalue weighted by Crippen LogP contribution is -2.03. The number of hydrogen-bond acceptors (Lipinski definition) is 4. The summed E-state index contributed by atoms with van der Waals surface area (Å²) in [5, 5.41) is 11.1. The van der Waals surface area contributed by atoms with E-state index in [2.05, 4.69) is 10.2 Å². The zero-order valence-corrected chi connectivity index (χ0v) is 13.4. The fourth-order valence-electron chi connectivity index (χ4n) is 2.24. The summed E-state index contributed by atoms with van der Waals surface area (Å²) in [6.45, 7) is 4.07. The van der Waals surface area contributed by atoms with Gasteiger partial charge in [-0.05, 0) is 31.0 Å². The van der Waals surface area contributed by atoms with Crippen molar-refractivity contribution < 1.29 is 4.79 Å². The second kappa shape index (κ2) is 6.28. The molecule has 0 aliphatic carbocycles. The Kier molecular flexibility index (Phi) is 4.20. The highest BCUT2D eigenvalue weighted by molar-refractivity contribution is 8.00. The topological polar surface area (TPSA) is 42.9 Å². The molecular formula is C18H16N2OS. The minimum atomic E-state index is 0.114. The number of ketones is 1. The molecule has 1 heterocycles. The summed E-state index contributed by atoms with van der Waals surface area (Å²) in [5.41, 5.74) is 3.09. The first kappa shape index (κ1) is 14.7. The number of aromatic nitrogens is 2. The Hall–Kier alpha value is -2.20. The molecule has 0 N–H and O–H groups in total. The molecule has 3 aromatic rings. The molecule has 0 saturated heterocycles. The molecule has 110 valence electrons. The second-order valence-electron chi connectivity index (χ2n) is 5.25. The molecule has 0 radical (unpaired) electrons. The Bertz CT molecular complexity index is 840. The molecule has 22 heavy (non-hydrogen) atoms. The predicted molar refractivity (Wildman–Crippen MR) is 90.5 cm³/mol. The number of carbonyl (C=O) groups excluding carboxylic acids is 1. The van der Waals surface area contributed by atoms with Crippen LogP contribution in [0.3, 0.4) is 0 Å². The van der Waals surface area contributed by atoms with Crippen molar-refractivity contribution >= 4 is 28.3 Å². The molecule has 0 saturated carbocycles. The Morgan fingerprint density at radius 3 is 2.73 bits per heavy atom. The molecule has 0 atom stereocenters. The van der Waals surface area contributed by atoms with Crippen LogP contribution in [0.25, 0.3) is 10.8 Å². The number of rotatable bonds is 4. The van der Waals surface area contributed by atoms with E-state index in [-0.39, 0.29) is 5.78 Å². The van der Waals surface area contributed by atoms with Crippen LogP contribution in [0.4, 0.5) is 0 Å². The van der Waals surface area contributed by atoms with E-state index in [1.54, 1.807) is 6.20 Å². The summed E-state index contributed by atoms with van der Waals surface area (Å²) in [6, 6.07) is 13.8. The van der Waals surface area contributed by atoms with Crippen molar-refractivity contribution in [3.05, 3.63) is 65.4 Å². The molecule has 0 bridgehead atoms. The fourth-order valence-corrected chi connectivity index (χ4v) is 3.12. The lowest BCUT2D eigenvalue weighted by Gasteiger charge is -2.06. The van der Waals surface area contributed by atoms with E-state index in [1.807, 2.05) is 56.3 Å². The lowest BCUT2D eigenvalue weighted by atomic mass is 10.0. The molecule has 3 nitrogen and oxygen atoms in total. The monoisotopic (exact) mass is 308 g/mol. The number of thioether (sulfide) groups is 1. The van der Waals surface area contributed by atoms with Crippen LogP contribution in [0.15, 0.2) is 53.7 Å². The van der Waals surface area contributed by atoms with E-state index in [0.717, 1.165) is 26.9 Å². The van der Waals surface area contributed by atoms with Crippen molar-refractivity contribution in [2.24, 2.45) is 0 Å². The lowest BCUT2D eigenvalue weighted by molar-refractivity contribution is 0.102. The summed E-state index contributed by atoms with van der Waals surface area (Å²) < 4.78 is 0. The molecule has 2 aromatic carbocycles. The highest BCUT2D eigenvalue weighted by Crippen LogP contribution is 2.25. The zero-order chi connectivity index (χ0) is 15.5. The summed E-state index contributed by atoms with van der Waals surface area (Å²) >= 11 is 1.44. The maximum absolute atomic E-state index is 12.3. The van der Waals surface area contributed by atoms with Gasteiger partial charge in [0.05, 0.1) is 11.9 Å². The van der Waals surface area contributed by atoms with Gasteiger partial charge in [-0.15, -0.1) is 5.10 Å². The van der Waals surface area contributed by atoms with Crippen LogP contribution in [0.2, 0.25) is 0 Å². The number of carbonyl (C=O) groups is 1. The predicted octanol–water partition coefficient (Wildman–Crippen LogP) is 4.22. The Balaban J connectivity index is 1.79. The molecule has 4 heteroatoms. The first-order valence-electron chi connectivity index (χ1n) is 7.09. The van der Waals surface area contributed by atoms with Crippen molar-refractivity contribution in [3.8, 4) is 0 Å². The van der Waals surface area contributed by atoms with Crippen LogP contribution in [0.1, 0.15) is 21.5 Å². The summed E-state index contributed by atoms with van der Waals surface area (Å²) in [4.78, 5) is 12.3. The standard InChI is InChI=1S/C18H16N2OS/c1-12-7-8-14(9-13(12)2)17(21)11-22-18-16-6-4-3-5-15(16)10-19-20-18/h3-10H,11H2,1-2H3. The quantitative estimate of drug-likeness (QED) is 0.534. The van der Waals surface area contributed by atoms with Crippen molar-refractivity contribution in [2.45, 2.75) is 18.9 Å². The number of nitrogens with zero attached hydrogens (tertiary/aromatic N) is 2. The van der Waals surface area contributed by atoms with Crippen molar-refractivity contribution in [1.82, 2.24) is 10.2 Å². The summed E-state index contributed by atoms with van der Waals surface area (Å²) in [7, 11) is 0. The third-order valence-electron chi connectivity index (χ3n) is 3.71. The Labute approximate surface area is 133 Å². The Morgan fingerprint density at radius 1 is 1.09 bits per heavy atom.